The van der Waals surface area contributed by atoms with E-state index in [0.717, 1.165) is 19.3 Å². The molecule has 2 N–H and O–H groups in total. The van der Waals surface area contributed by atoms with E-state index in [1.54, 1.807) is 22.7 Å². The Hall–Kier alpha value is -2.44. The van der Waals surface area contributed by atoms with Gasteiger partial charge in [0.1, 0.15) is 5.82 Å². The number of fused-ring (bicyclic) bond motifs is 1. The molecule has 1 saturated carbocycles. The molecule has 7 heteroatoms. The third-order valence-electron chi connectivity index (χ3n) is 4.48. The summed E-state index contributed by atoms with van der Waals surface area (Å²) in [6.07, 6.45) is 5.86. The van der Waals surface area contributed by atoms with Crippen LogP contribution >= 0.6 is 0 Å². The van der Waals surface area contributed by atoms with Crippen molar-refractivity contribution in [3.05, 3.63) is 29.7 Å². The van der Waals surface area contributed by atoms with E-state index in [-0.39, 0.29) is 11.9 Å². The lowest BCUT2D eigenvalue weighted by Gasteiger charge is -2.22. The van der Waals surface area contributed by atoms with Gasteiger partial charge in [-0.1, -0.05) is 19.3 Å². The van der Waals surface area contributed by atoms with Gasteiger partial charge in [-0.25, -0.2) is 0 Å². The van der Waals surface area contributed by atoms with Gasteiger partial charge in [-0.05, 0) is 31.9 Å². The molecule has 1 fully saturated rings. The smallest absolute Gasteiger partial charge is 0.308 e. The fourth-order valence-electron chi connectivity index (χ4n) is 3.17. The maximum Gasteiger partial charge on any atom is 0.308 e. The summed E-state index contributed by atoms with van der Waals surface area (Å²) in [5, 5.41) is 20.3. The minimum atomic E-state index is -0.831. The predicted octanol–water partition coefficient (Wildman–Crippen LogP) is 1.80. The molecule has 0 bridgehead atoms. The van der Waals surface area contributed by atoms with E-state index in [1.807, 2.05) is 6.92 Å². The highest BCUT2D eigenvalue weighted by Gasteiger charge is 2.30. The number of carboxylic acids is 1. The normalized spacial score (nSPS) is 21.8. The minimum absolute atomic E-state index is 0.252. The number of aliphatic carboxylic acids is 1. The molecule has 2 aromatic rings. The molecule has 0 aromatic carbocycles. The maximum atomic E-state index is 12.5. The Morgan fingerprint density at radius 1 is 1.22 bits per heavy atom. The topological polar surface area (TPSA) is 96.6 Å². The zero-order valence-electron chi connectivity index (χ0n) is 13.0. The van der Waals surface area contributed by atoms with Gasteiger partial charge in [0.2, 0.25) is 0 Å². The number of aryl methyl sites for hydroxylation is 1. The molecular weight excluding hydrogens is 296 g/mol. The predicted molar refractivity (Wildman–Crippen MR) is 83.2 cm³/mol. The van der Waals surface area contributed by atoms with E-state index >= 15 is 0 Å². The Morgan fingerprint density at radius 2 is 2.00 bits per heavy atom. The lowest BCUT2D eigenvalue weighted by molar-refractivity contribution is -0.142. The quantitative estimate of drug-likeness (QED) is 0.842. The van der Waals surface area contributed by atoms with Gasteiger partial charge in [-0.15, -0.1) is 10.2 Å². The summed E-state index contributed by atoms with van der Waals surface area (Å²) in [5.74, 6) is -0.894. The number of nitrogens with one attached hydrogen (secondary N) is 1. The summed E-state index contributed by atoms with van der Waals surface area (Å²) >= 11 is 0. The van der Waals surface area contributed by atoms with E-state index in [0.29, 0.717) is 29.9 Å². The Bertz CT molecular complexity index is 740. The average Bonchev–Trinajstić information content (AvgIpc) is 2.75. The van der Waals surface area contributed by atoms with Gasteiger partial charge < -0.3 is 10.4 Å². The molecular formula is C16H20N4O3. The van der Waals surface area contributed by atoms with Crippen molar-refractivity contribution in [2.24, 2.45) is 5.92 Å². The lowest BCUT2D eigenvalue weighted by atomic mass is 9.94. The number of aromatic nitrogens is 3. The molecule has 7 nitrogen and oxygen atoms in total. The molecule has 0 unspecified atom stereocenters. The largest absolute Gasteiger partial charge is 0.481 e. The monoisotopic (exact) mass is 316 g/mol. The van der Waals surface area contributed by atoms with Crippen LogP contribution in [-0.4, -0.2) is 37.6 Å². The second kappa shape index (κ2) is 6.36. The number of carbonyl (C=O) groups is 2. The van der Waals surface area contributed by atoms with Crippen molar-refractivity contribution in [1.29, 1.82) is 0 Å². The summed E-state index contributed by atoms with van der Waals surface area (Å²) in [4.78, 5) is 24.0. The SMILES string of the molecule is Cc1nnc2ccc(C(=O)N[C@H]3CCCCC[C@H]3C(=O)O)cn12. The highest BCUT2D eigenvalue weighted by molar-refractivity contribution is 5.94. The van der Waals surface area contributed by atoms with Gasteiger partial charge in [0.15, 0.2) is 5.65 Å². The first-order valence-corrected chi connectivity index (χ1v) is 7.91. The molecule has 0 aliphatic heterocycles. The second-order valence-electron chi connectivity index (χ2n) is 6.06. The molecule has 23 heavy (non-hydrogen) atoms. The van der Waals surface area contributed by atoms with Crippen molar-refractivity contribution in [2.45, 2.75) is 45.1 Å². The summed E-state index contributed by atoms with van der Waals surface area (Å²) in [5.41, 5.74) is 1.16. The third kappa shape index (κ3) is 3.18. The summed E-state index contributed by atoms with van der Waals surface area (Å²) < 4.78 is 1.75. The first-order chi connectivity index (χ1) is 11.1. The molecule has 2 aromatic heterocycles. The van der Waals surface area contributed by atoms with Crippen LogP contribution in [0, 0.1) is 12.8 Å². The fourth-order valence-corrected chi connectivity index (χ4v) is 3.17. The van der Waals surface area contributed by atoms with Crippen LogP contribution in [0.25, 0.3) is 5.65 Å². The van der Waals surface area contributed by atoms with Crippen molar-refractivity contribution in [1.82, 2.24) is 19.9 Å². The van der Waals surface area contributed by atoms with Crippen LogP contribution in [0.15, 0.2) is 18.3 Å². The zero-order chi connectivity index (χ0) is 16.4. The maximum absolute atomic E-state index is 12.5. The van der Waals surface area contributed by atoms with Crippen molar-refractivity contribution >= 4 is 17.5 Å². The summed E-state index contributed by atoms with van der Waals surface area (Å²) in [6.45, 7) is 1.81. The highest BCUT2D eigenvalue weighted by Crippen LogP contribution is 2.24. The number of nitrogens with zero attached hydrogens (tertiary/aromatic N) is 3. The lowest BCUT2D eigenvalue weighted by Crippen LogP contribution is -2.42. The van der Waals surface area contributed by atoms with Crippen LogP contribution in [0.5, 0.6) is 0 Å². The molecule has 122 valence electrons. The van der Waals surface area contributed by atoms with Gasteiger partial charge in [0, 0.05) is 12.2 Å². The van der Waals surface area contributed by atoms with Crippen molar-refractivity contribution in [3.8, 4) is 0 Å². The number of amides is 1. The van der Waals surface area contributed by atoms with Crippen LogP contribution in [-0.2, 0) is 4.79 Å². The summed E-state index contributed by atoms with van der Waals surface area (Å²) in [6, 6.07) is 3.10. The summed E-state index contributed by atoms with van der Waals surface area (Å²) in [7, 11) is 0. The molecule has 1 aliphatic carbocycles. The molecule has 0 saturated heterocycles. The minimum Gasteiger partial charge on any atom is -0.481 e. The van der Waals surface area contributed by atoms with E-state index in [2.05, 4.69) is 15.5 Å². The molecule has 2 heterocycles. The van der Waals surface area contributed by atoms with Gasteiger partial charge in [-0.3, -0.25) is 14.0 Å². The Morgan fingerprint density at radius 3 is 2.78 bits per heavy atom. The zero-order valence-corrected chi connectivity index (χ0v) is 13.0. The fraction of sp³-hybridized carbons (Fsp3) is 0.500. The van der Waals surface area contributed by atoms with E-state index in [1.165, 1.54) is 0 Å². The van der Waals surface area contributed by atoms with Crippen molar-refractivity contribution in [3.63, 3.8) is 0 Å². The van der Waals surface area contributed by atoms with Crippen LogP contribution < -0.4 is 5.32 Å². The van der Waals surface area contributed by atoms with E-state index in [9.17, 15) is 14.7 Å². The Labute approximate surface area is 133 Å². The number of carbonyl (C=O) groups excluding carboxylic acids is 1. The van der Waals surface area contributed by atoms with Crippen LogP contribution in [0.1, 0.15) is 48.3 Å². The number of pyridine rings is 1. The highest BCUT2D eigenvalue weighted by atomic mass is 16.4. The second-order valence-corrected chi connectivity index (χ2v) is 6.06. The van der Waals surface area contributed by atoms with E-state index in [4.69, 9.17) is 0 Å². The Kier molecular flexibility index (Phi) is 4.27. The van der Waals surface area contributed by atoms with Gasteiger partial charge in [0.25, 0.3) is 5.91 Å². The van der Waals surface area contributed by atoms with Crippen molar-refractivity contribution < 1.29 is 14.7 Å². The van der Waals surface area contributed by atoms with Crippen LogP contribution in [0.4, 0.5) is 0 Å². The standard InChI is InChI=1S/C16H20N4O3/c1-10-18-19-14-8-7-11(9-20(10)14)15(21)17-13-6-4-2-3-5-12(13)16(22)23/h7-9,12-13H,2-6H2,1H3,(H,17,21)(H,22,23)/t12-,13+/m1/s1. The number of hydrogen-bond acceptors (Lipinski definition) is 4. The van der Waals surface area contributed by atoms with Crippen LogP contribution in [0.3, 0.4) is 0 Å². The van der Waals surface area contributed by atoms with Gasteiger partial charge >= 0.3 is 5.97 Å². The third-order valence-corrected chi connectivity index (χ3v) is 4.48. The average molecular weight is 316 g/mol. The molecule has 1 aliphatic rings. The first kappa shape index (κ1) is 15.5. The molecule has 0 spiro atoms. The first-order valence-electron chi connectivity index (χ1n) is 7.91. The van der Waals surface area contributed by atoms with Gasteiger partial charge in [0.05, 0.1) is 11.5 Å². The molecule has 3 rings (SSSR count). The molecule has 2 atom stereocenters. The molecule has 1 amide bonds. The number of carboxylic acid groups (broad SMARTS) is 1. The van der Waals surface area contributed by atoms with Crippen LogP contribution in [0.2, 0.25) is 0 Å². The van der Waals surface area contributed by atoms with Crippen molar-refractivity contribution in [2.75, 3.05) is 0 Å². The number of rotatable bonds is 3. The van der Waals surface area contributed by atoms with E-state index < -0.39 is 11.9 Å². The number of hydrogen-bond donors (Lipinski definition) is 2. The Balaban J connectivity index is 1.80. The van der Waals surface area contributed by atoms with Gasteiger partial charge in [-0.2, -0.15) is 0 Å². The molecule has 0 radical (unpaired) electrons.